The third kappa shape index (κ3) is 2.78. The number of fused-ring (bicyclic) bond motifs is 1. The zero-order valence-corrected chi connectivity index (χ0v) is 13.3. The highest BCUT2D eigenvalue weighted by molar-refractivity contribution is 5.78. The Balaban J connectivity index is 1.62. The van der Waals surface area contributed by atoms with Gasteiger partial charge in [-0.05, 0) is 5.56 Å². The molecule has 3 aromatic rings. The number of aromatic nitrogens is 3. The first-order valence-electron chi connectivity index (χ1n) is 8.05. The molecule has 0 bridgehead atoms. The first-order chi connectivity index (χ1) is 12.1. The maximum absolute atomic E-state index is 11.8. The van der Waals surface area contributed by atoms with Gasteiger partial charge >= 0.3 is 0 Å². The highest BCUT2D eigenvalue weighted by atomic mass is 16.3. The molecule has 1 aromatic carbocycles. The Labute approximate surface area is 143 Å². The van der Waals surface area contributed by atoms with Gasteiger partial charge in [-0.3, -0.25) is 10.1 Å². The van der Waals surface area contributed by atoms with Crippen LogP contribution >= 0.6 is 0 Å². The molecule has 7 heteroatoms. The third-order valence-electron chi connectivity index (χ3n) is 4.56. The number of H-pyrrole nitrogens is 2. The third-order valence-corrected chi connectivity index (χ3v) is 4.56. The van der Waals surface area contributed by atoms with Crippen molar-refractivity contribution in [3.8, 4) is 0 Å². The summed E-state index contributed by atoms with van der Waals surface area (Å²) in [5.41, 5.74) is 2.23. The summed E-state index contributed by atoms with van der Waals surface area (Å²) in [5.74, 6) is 0. The molecule has 5 N–H and O–H groups in total. The van der Waals surface area contributed by atoms with Gasteiger partial charge in [0.05, 0.1) is 18.4 Å². The van der Waals surface area contributed by atoms with Crippen LogP contribution in [0.1, 0.15) is 17.2 Å². The predicted octanol–water partition coefficient (Wildman–Crippen LogP) is 0.699. The molecule has 3 heterocycles. The number of rotatable bonds is 3. The fourth-order valence-corrected chi connectivity index (χ4v) is 3.24. The Hall–Kier alpha value is -2.74. The molecule has 0 amide bonds. The van der Waals surface area contributed by atoms with E-state index in [1.54, 1.807) is 6.20 Å². The highest BCUT2D eigenvalue weighted by Gasteiger charge is 2.41. The van der Waals surface area contributed by atoms with Crippen LogP contribution in [0.4, 0.5) is 0 Å². The van der Waals surface area contributed by atoms with E-state index in [4.69, 9.17) is 0 Å². The van der Waals surface area contributed by atoms with Crippen LogP contribution in [0.15, 0.2) is 53.7 Å². The van der Waals surface area contributed by atoms with Crippen LogP contribution in [0.5, 0.6) is 0 Å². The molecule has 1 aliphatic rings. The standard InChI is InChI=1S/C18H18N4O3/c23-16-12(7-6-10-4-2-1-3-5-10)22-14(17(16)24)11-8-19-15-13(11)20-9-21-18(15)25/h1-9,12,14,16-17,19,22-24H,(H,20,21,25). The first kappa shape index (κ1) is 15.8. The zero-order chi connectivity index (χ0) is 17.4. The molecule has 0 aliphatic carbocycles. The van der Waals surface area contributed by atoms with Gasteiger partial charge in [-0.25, -0.2) is 4.98 Å². The number of benzene rings is 1. The summed E-state index contributed by atoms with van der Waals surface area (Å²) in [7, 11) is 0. The van der Waals surface area contributed by atoms with Crippen molar-refractivity contribution in [1.29, 1.82) is 0 Å². The monoisotopic (exact) mass is 338 g/mol. The Bertz CT molecular complexity index is 963. The fourth-order valence-electron chi connectivity index (χ4n) is 3.24. The maximum Gasteiger partial charge on any atom is 0.275 e. The Kier molecular flexibility index (Phi) is 3.96. The fraction of sp³-hybridized carbons (Fsp3) is 0.222. The molecule has 1 saturated heterocycles. The van der Waals surface area contributed by atoms with E-state index in [2.05, 4.69) is 20.3 Å². The highest BCUT2D eigenvalue weighted by Crippen LogP contribution is 2.31. The molecule has 1 aliphatic heterocycles. The van der Waals surface area contributed by atoms with Crippen molar-refractivity contribution in [2.75, 3.05) is 0 Å². The van der Waals surface area contributed by atoms with Gasteiger partial charge in [0.2, 0.25) is 0 Å². The molecule has 0 spiro atoms. The van der Waals surface area contributed by atoms with Gasteiger partial charge in [0.1, 0.15) is 23.2 Å². The lowest BCUT2D eigenvalue weighted by molar-refractivity contribution is 0.0334. The van der Waals surface area contributed by atoms with Crippen LogP contribution in [-0.2, 0) is 0 Å². The number of hydrogen-bond donors (Lipinski definition) is 5. The number of aliphatic hydroxyl groups is 2. The van der Waals surface area contributed by atoms with Gasteiger partial charge < -0.3 is 20.2 Å². The summed E-state index contributed by atoms with van der Waals surface area (Å²) in [6, 6.07) is 8.79. The molecule has 128 valence electrons. The SMILES string of the molecule is O=c1[nH]cnc2c(C3NC(C=Cc4ccccc4)C(O)C3O)c[nH]c12. The van der Waals surface area contributed by atoms with Crippen LogP contribution in [0.2, 0.25) is 0 Å². The lowest BCUT2D eigenvalue weighted by Gasteiger charge is -2.14. The minimum Gasteiger partial charge on any atom is -0.388 e. The van der Waals surface area contributed by atoms with Gasteiger partial charge in [-0.2, -0.15) is 0 Å². The molecule has 1 fully saturated rings. The average molecular weight is 338 g/mol. The number of aromatic amines is 2. The summed E-state index contributed by atoms with van der Waals surface area (Å²) in [4.78, 5) is 21.4. The molecule has 25 heavy (non-hydrogen) atoms. The minimum absolute atomic E-state index is 0.273. The van der Waals surface area contributed by atoms with Crippen LogP contribution < -0.4 is 10.9 Å². The van der Waals surface area contributed by atoms with E-state index in [0.29, 0.717) is 16.6 Å². The van der Waals surface area contributed by atoms with Crippen molar-refractivity contribution in [3.05, 3.63) is 70.4 Å². The minimum atomic E-state index is -1.01. The van der Waals surface area contributed by atoms with Crippen molar-refractivity contribution in [1.82, 2.24) is 20.3 Å². The molecule has 7 nitrogen and oxygen atoms in total. The van der Waals surface area contributed by atoms with E-state index in [-0.39, 0.29) is 5.56 Å². The van der Waals surface area contributed by atoms with Crippen LogP contribution in [0.25, 0.3) is 17.1 Å². The van der Waals surface area contributed by atoms with Crippen LogP contribution in [0, 0.1) is 0 Å². The molecular weight excluding hydrogens is 320 g/mol. The number of hydrogen-bond acceptors (Lipinski definition) is 5. The number of nitrogens with one attached hydrogen (secondary N) is 3. The molecule has 4 unspecified atom stereocenters. The normalized spacial score (nSPS) is 26.6. The Morgan fingerprint density at radius 1 is 1.08 bits per heavy atom. The van der Waals surface area contributed by atoms with Gasteiger partial charge in [-0.1, -0.05) is 42.5 Å². The van der Waals surface area contributed by atoms with Crippen molar-refractivity contribution >= 4 is 17.1 Å². The number of nitrogens with zero attached hydrogens (tertiary/aromatic N) is 1. The van der Waals surface area contributed by atoms with E-state index in [1.165, 1.54) is 6.33 Å². The second-order valence-corrected chi connectivity index (χ2v) is 6.12. The summed E-state index contributed by atoms with van der Waals surface area (Å²) in [5, 5.41) is 24.0. The summed E-state index contributed by atoms with van der Waals surface area (Å²) >= 11 is 0. The summed E-state index contributed by atoms with van der Waals surface area (Å²) < 4.78 is 0. The Morgan fingerprint density at radius 3 is 2.68 bits per heavy atom. The second-order valence-electron chi connectivity index (χ2n) is 6.12. The van der Waals surface area contributed by atoms with Crippen molar-refractivity contribution in [2.45, 2.75) is 24.3 Å². The van der Waals surface area contributed by atoms with E-state index in [1.807, 2.05) is 42.5 Å². The van der Waals surface area contributed by atoms with E-state index >= 15 is 0 Å². The van der Waals surface area contributed by atoms with Crippen LogP contribution in [-0.4, -0.2) is 43.4 Å². The quantitative estimate of drug-likeness (QED) is 0.482. The van der Waals surface area contributed by atoms with Gasteiger partial charge in [-0.15, -0.1) is 0 Å². The maximum atomic E-state index is 11.8. The molecule has 4 atom stereocenters. The van der Waals surface area contributed by atoms with Gasteiger partial charge in [0.15, 0.2) is 0 Å². The molecule has 2 aromatic heterocycles. The largest absolute Gasteiger partial charge is 0.388 e. The molecule has 0 saturated carbocycles. The lowest BCUT2D eigenvalue weighted by Crippen LogP contribution is -2.30. The Morgan fingerprint density at radius 2 is 1.88 bits per heavy atom. The van der Waals surface area contributed by atoms with E-state index < -0.39 is 24.3 Å². The van der Waals surface area contributed by atoms with Gasteiger partial charge in [0, 0.05) is 11.8 Å². The topological polar surface area (TPSA) is 114 Å². The van der Waals surface area contributed by atoms with Gasteiger partial charge in [0.25, 0.3) is 5.56 Å². The lowest BCUT2D eigenvalue weighted by atomic mass is 10.0. The predicted molar refractivity (Wildman–Crippen MR) is 93.9 cm³/mol. The molecule has 4 rings (SSSR count). The molecule has 0 radical (unpaired) electrons. The van der Waals surface area contributed by atoms with Crippen LogP contribution in [0.3, 0.4) is 0 Å². The van der Waals surface area contributed by atoms with Crippen molar-refractivity contribution < 1.29 is 10.2 Å². The summed E-state index contributed by atoms with van der Waals surface area (Å²) in [6.45, 7) is 0. The zero-order valence-electron chi connectivity index (χ0n) is 13.3. The second kappa shape index (κ2) is 6.29. The summed E-state index contributed by atoms with van der Waals surface area (Å²) in [6.07, 6.45) is 4.73. The molecular formula is C18H18N4O3. The number of aliphatic hydroxyl groups excluding tert-OH is 2. The van der Waals surface area contributed by atoms with E-state index in [9.17, 15) is 15.0 Å². The van der Waals surface area contributed by atoms with Crippen molar-refractivity contribution in [3.63, 3.8) is 0 Å². The smallest absolute Gasteiger partial charge is 0.275 e. The van der Waals surface area contributed by atoms with Crippen molar-refractivity contribution in [2.24, 2.45) is 0 Å². The van der Waals surface area contributed by atoms with E-state index in [0.717, 1.165) is 5.56 Å². The average Bonchev–Trinajstić information content (AvgIpc) is 3.18. The first-order valence-corrected chi connectivity index (χ1v) is 8.05.